The minimum Gasteiger partial charge on any atom is -0.524 e. The van der Waals surface area contributed by atoms with E-state index in [9.17, 15) is 18.0 Å². The van der Waals surface area contributed by atoms with Crippen LogP contribution in [0.3, 0.4) is 0 Å². The molecule has 0 aliphatic carbocycles. The normalized spacial score (nSPS) is 15.8. The molecule has 1 atom stereocenters. The van der Waals surface area contributed by atoms with Crippen molar-refractivity contribution in [2.75, 3.05) is 12.9 Å². The second kappa shape index (κ2) is 6.27. The molecule has 0 amide bonds. The van der Waals surface area contributed by atoms with Gasteiger partial charge in [-0.3, -0.25) is 13.8 Å². The average Bonchev–Trinajstić information content (AvgIpc) is 2.20. The van der Waals surface area contributed by atoms with Crippen molar-refractivity contribution in [3.05, 3.63) is 0 Å². The fourth-order valence-corrected chi connectivity index (χ4v) is 2.04. The summed E-state index contributed by atoms with van der Waals surface area (Å²) in [5.74, 6) is -1.18. The molecule has 0 aliphatic rings. The molecular formula is C9H18O6SSi. The molecule has 0 saturated carbocycles. The van der Waals surface area contributed by atoms with Crippen molar-refractivity contribution >= 4 is 31.6 Å². The summed E-state index contributed by atoms with van der Waals surface area (Å²) in [7, 11) is -4.69. The monoisotopic (exact) mass is 282 g/mol. The van der Waals surface area contributed by atoms with Crippen LogP contribution in [0.2, 0.25) is 6.04 Å². The Morgan fingerprint density at radius 2 is 1.88 bits per heavy atom. The van der Waals surface area contributed by atoms with E-state index in [2.05, 4.69) is 4.18 Å². The summed E-state index contributed by atoms with van der Waals surface area (Å²) in [5, 5.41) is 0. The fraction of sp³-hybridized carbons (Fsp3) is 0.778. The van der Waals surface area contributed by atoms with Gasteiger partial charge in [-0.25, -0.2) is 0 Å². The minimum absolute atomic E-state index is 0.476. The topological polar surface area (TPSA) is 86.7 Å². The van der Waals surface area contributed by atoms with Gasteiger partial charge >= 0.3 is 5.97 Å². The van der Waals surface area contributed by atoms with Crippen molar-refractivity contribution in [3.63, 3.8) is 0 Å². The maximum atomic E-state index is 11.7. The van der Waals surface area contributed by atoms with Crippen LogP contribution < -0.4 is 0 Å². The Labute approximate surface area is 104 Å². The molecule has 0 bridgehead atoms. The van der Waals surface area contributed by atoms with Crippen LogP contribution in [0.1, 0.15) is 20.8 Å². The summed E-state index contributed by atoms with van der Waals surface area (Å²) >= 11 is 0. The Balaban J connectivity index is 4.79. The highest BCUT2D eigenvalue weighted by molar-refractivity contribution is 7.85. The van der Waals surface area contributed by atoms with Crippen LogP contribution >= 0.6 is 0 Å². The molecule has 0 saturated heterocycles. The minimum atomic E-state index is -3.69. The Kier molecular flexibility index (Phi) is 6.00. The van der Waals surface area contributed by atoms with Gasteiger partial charge in [0.15, 0.2) is 0 Å². The van der Waals surface area contributed by atoms with Gasteiger partial charge in [0.1, 0.15) is 11.2 Å². The lowest BCUT2D eigenvalue weighted by Gasteiger charge is -2.23. The van der Waals surface area contributed by atoms with Gasteiger partial charge in [0.25, 0.3) is 10.1 Å². The van der Waals surface area contributed by atoms with Crippen LogP contribution in [-0.2, 0) is 28.3 Å². The molecule has 17 heavy (non-hydrogen) atoms. The van der Waals surface area contributed by atoms with E-state index in [4.69, 9.17) is 4.43 Å². The number of carbonyl (C=O) groups excluding carboxylic acids is 2. The average molecular weight is 282 g/mol. The molecule has 0 heterocycles. The standard InChI is InChI=1S/C9H18O6SSi/c1-5-17-15-8(11)9(3,7(2)10)6-14-16(4,12)13/h5-6,17H2,1-4H3. The van der Waals surface area contributed by atoms with E-state index in [0.717, 1.165) is 12.3 Å². The number of hydrogen-bond acceptors (Lipinski definition) is 6. The van der Waals surface area contributed by atoms with Crippen molar-refractivity contribution in [1.29, 1.82) is 0 Å². The number of rotatable bonds is 7. The van der Waals surface area contributed by atoms with Gasteiger partial charge in [-0.2, -0.15) is 8.42 Å². The lowest BCUT2D eigenvalue weighted by atomic mass is 9.88. The molecule has 0 rings (SSSR count). The second-order valence-corrected chi connectivity index (χ2v) is 7.33. The van der Waals surface area contributed by atoms with Gasteiger partial charge in [-0.05, 0) is 19.9 Å². The fourth-order valence-electron chi connectivity index (χ4n) is 0.883. The molecule has 100 valence electrons. The first-order chi connectivity index (χ1) is 7.63. The first-order valence-corrected chi connectivity index (χ1v) is 8.55. The van der Waals surface area contributed by atoms with Gasteiger partial charge in [-0.1, -0.05) is 6.92 Å². The van der Waals surface area contributed by atoms with Gasteiger partial charge in [0, 0.05) is 0 Å². The number of ketones is 1. The van der Waals surface area contributed by atoms with Crippen LogP contribution in [0.25, 0.3) is 0 Å². The highest BCUT2D eigenvalue weighted by atomic mass is 32.2. The van der Waals surface area contributed by atoms with Crippen LogP contribution in [0, 0.1) is 5.41 Å². The summed E-state index contributed by atoms with van der Waals surface area (Å²) in [6, 6.07) is 0.757. The second-order valence-electron chi connectivity index (χ2n) is 3.99. The van der Waals surface area contributed by atoms with Crippen LogP contribution in [-0.4, -0.2) is 42.8 Å². The molecule has 0 aromatic rings. The van der Waals surface area contributed by atoms with E-state index in [0.29, 0.717) is 0 Å². The van der Waals surface area contributed by atoms with Crippen LogP contribution in [0.4, 0.5) is 0 Å². The third kappa shape index (κ3) is 5.42. The predicted molar refractivity (Wildman–Crippen MR) is 64.7 cm³/mol. The molecule has 0 aliphatic heterocycles. The Morgan fingerprint density at radius 1 is 1.35 bits per heavy atom. The van der Waals surface area contributed by atoms with E-state index in [1.807, 2.05) is 6.92 Å². The Morgan fingerprint density at radius 3 is 2.24 bits per heavy atom. The van der Waals surface area contributed by atoms with Crippen molar-refractivity contribution in [2.24, 2.45) is 5.41 Å². The SMILES string of the molecule is CC[SiH2]OC(=O)C(C)(COS(C)(=O)=O)C(C)=O. The third-order valence-electron chi connectivity index (χ3n) is 2.23. The maximum Gasteiger partial charge on any atom is 0.308 e. The summed E-state index contributed by atoms with van der Waals surface area (Å²) in [4.78, 5) is 23.1. The molecule has 1 unspecified atom stereocenters. The van der Waals surface area contributed by atoms with Crippen molar-refractivity contribution in [3.8, 4) is 0 Å². The highest BCUT2D eigenvalue weighted by Crippen LogP contribution is 2.21. The number of Topliss-reactive ketones (excluding diaryl/α,β-unsaturated/α-hetero) is 1. The number of hydrogen-bond donors (Lipinski definition) is 0. The molecule has 0 radical (unpaired) electrons. The largest absolute Gasteiger partial charge is 0.524 e. The van der Waals surface area contributed by atoms with Crippen LogP contribution in [0.5, 0.6) is 0 Å². The molecular weight excluding hydrogens is 264 g/mol. The van der Waals surface area contributed by atoms with E-state index in [1.54, 1.807) is 0 Å². The molecule has 6 nitrogen and oxygen atoms in total. The molecule has 0 aromatic heterocycles. The molecule has 8 heteroatoms. The smallest absolute Gasteiger partial charge is 0.308 e. The molecule has 0 fully saturated rings. The first-order valence-electron chi connectivity index (χ1n) is 5.16. The molecule has 0 N–H and O–H groups in total. The lowest BCUT2D eigenvalue weighted by molar-refractivity contribution is -0.152. The van der Waals surface area contributed by atoms with Crippen LogP contribution in [0.15, 0.2) is 0 Å². The molecule has 0 aromatic carbocycles. The van der Waals surface area contributed by atoms with Gasteiger partial charge < -0.3 is 4.43 Å². The maximum absolute atomic E-state index is 11.7. The van der Waals surface area contributed by atoms with Gasteiger partial charge in [0.2, 0.25) is 9.76 Å². The quantitative estimate of drug-likeness (QED) is 0.359. The highest BCUT2D eigenvalue weighted by Gasteiger charge is 2.41. The van der Waals surface area contributed by atoms with Gasteiger partial charge in [0.05, 0.1) is 12.9 Å². The summed E-state index contributed by atoms with van der Waals surface area (Å²) in [6.07, 6.45) is 0.861. The Bertz CT molecular complexity index is 390. The zero-order valence-electron chi connectivity index (χ0n) is 10.5. The van der Waals surface area contributed by atoms with E-state index in [1.165, 1.54) is 13.8 Å². The third-order valence-corrected chi connectivity index (χ3v) is 3.65. The van der Waals surface area contributed by atoms with Crippen molar-refractivity contribution < 1.29 is 26.6 Å². The summed E-state index contributed by atoms with van der Waals surface area (Å²) < 4.78 is 31.2. The van der Waals surface area contributed by atoms with Gasteiger partial charge in [-0.15, -0.1) is 0 Å². The Hall–Kier alpha value is -0.733. The van der Waals surface area contributed by atoms with E-state index < -0.39 is 43.7 Å². The molecule has 0 spiro atoms. The van der Waals surface area contributed by atoms with Crippen molar-refractivity contribution in [1.82, 2.24) is 0 Å². The van der Waals surface area contributed by atoms with E-state index >= 15 is 0 Å². The lowest BCUT2D eigenvalue weighted by Crippen LogP contribution is -2.41. The summed E-state index contributed by atoms with van der Waals surface area (Å²) in [5.41, 5.74) is -1.55. The summed E-state index contributed by atoms with van der Waals surface area (Å²) in [6.45, 7) is 3.89. The predicted octanol–water partition coefficient (Wildman–Crippen LogP) is -0.377. The zero-order valence-corrected chi connectivity index (χ0v) is 12.7. The first kappa shape index (κ1) is 16.3. The number of carbonyl (C=O) groups is 2. The van der Waals surface area contributed by atoms with E-state index in [-0.39, 0.29) is 0 Å². The zero-order chi connectivity index (χ0) is 13.7. The van der Waals surface area contributed by atoms with Crippen molar-refractivity contribution in [2.45, 2.75) is 26.8 Å².